The number of hydrogen-bond donors (Lipinski definition) is 0. The summed E-state index contributed by atoms with van der Waals surface area (Å²) in [5, 5.41) is 0. The van der Waals surface area contributed by atoms with Gasteiger partial charge < -0.3 is 4.74 Å². The molecule has 4 nitrogen and oxygen atoms in total. The monoisotopic (exact) mass is 212 g/mol. The Morgan fingerprint density at radius 2 is 1.71 bits per heavy atom. The first kappa shape index (κ1) is 16.0. The van der Waals surface area contributed by atoms with Crippen LogP contribution >= 0.6 is 0 Å². The van der Waals surface area contributed by atoms with Gasteiger partial charge in [0.1, 0.15) is 0 Å². The highest BCUT2D eigenvalue weighted by Crippen LogP contribution is 2.00. The van der Waals surface area contributed by atoms with Crippen molar-refractivity contribution in [2.24, 2.45) is 0 Å². The number of carbonyl (C=O) groups is 3. The molecule has 0 aromatic rings. The average Bonchev–Trinajstić information content (AvgIpc) is 2.03. The molecule has 0 bridgehead atoms. The van der Waals surface area contributed by atoms with E-state index in [4.69, 9.17) is 0 Å². The zero-order valence-electron chi connectivity index (χ0n) is 7.96. The molecular formula is C9H16MgO4. The summed E-state index contributed by atoms with van der Waals surface area (Å²) >= 11 is 0. The Hall–Kier alpha value is -0.424. The maximum Gasteiger partial charge on any atom is 0.382 e. The summed E-state index contributed by atoms with van der Waals surface area (Å²) in [6.45, 7) is 3.09. The van der Waals surface area contributed by atoms with E-state index in [1.807, 2.05) is 6.92 Å². The van der Waals surface area contributed by atoms with E-state index in [-0.39, 0.29) is 29.5 Å². The van der Waals surface area contributed by atoms with Crippen molar-refractivity contribution in [2.45, 2.75) is 39.5 Å². The molecule has 0 aliphatic carbocycles. The Kier molecular flexibility index (Phi) is 10.5. The van der Waals surface area contributed by atoms with Crippen LogP contribution in [0.25, 0.3) is 0 Å². The van der Waals surface area contributed by atoms with Gasteiger partial charge in [0.25, 0.3) is 0 Å². The predicted molar refractivity (Wildman–Crippen MR) is 54.5 cm³/mol. The second-order valence-corrected chi connectivity index (χ2v) is 2.76. The molecule has 0 aliphatic rings. The summed E-state index contributed by atoms with van der Waals surface area (Å²) in [6.07, 6.45) is 2.72. The lowest BCUT2D eigenvalue weighted by Gasteiger charge is -1.98. The lowest BCUT2D eigenvalue weighted by molar-refractivity contribution is -0.163. The number of hydrogen-bond acceptors (Lipinski definition) is 4. The van der Waals surface area contributed by atoms with E-state index in [2.05, 4.69) is 4.74 Å². The molecule has 0 unspecified atom stereocenters. The Balaban J connectivity index is 0. The van der Waals surface area contributed by atoms with Crippen LogP contribution < -0.4 is 0 Å². The van der Waals surface area contributed by atoms with E-state index < -0.39 is 17.7 Å². The maximum atomic E-state index is 10.9. The van der Waals surface area contributed by atoms with Crippen LogP contribution in [0, 0.1) is 0 Å². The van der Waals surface area contributed by atoms with Crippen molar-refractivity contribution >= 4 is 40.8 Å². The van der Waals surface area contributed by atoms with Crippen molar-refractivity contribution < 1.29 is 19.1 Å². The SMILES string of the molecule is CCCCCC(=O)C(=O)OC(C)=O.[MgH2]. The highest BCUT2D eigenvalue weighted by atomic mass is 24.3. The normalized spacial score (nSPS) is 8.71. The van der Waals surface area contributed by atoms with Crippen LogP contribution in [0.1, 0.15) is 39.5 Å². The molecule has 78 valence electrons. The third-order valence-corrected chi connectivity index (χ3v) is 1.47. The lowest BCUT2D eigenvalue weighted by Crippen LogP contribution is -2.19. The Morgan fingerprint density at radius 1 is 1.14 bits per heavy atom. The van der Waals surface area contributed by atoms with Crippen LogP contribution in [0.4, 0.5) is 0 Å². The largest absolute Gasteiger partial charge is 0.387 e. The fourth-order valence-corrected chi connectivity index (χ4v) is 0.825. The molecule has 0 aliphatic heterocycles. The van der Waals surface area contributed by atoms with Crippen LogP contribution in [-0.2, 0) is 19.1 Å². The lowest BCUT2D eigenvalue weighted by atomic mass is 10.1. The third-order valence-electron chi connectivity index (χ3n) is 1.47. The molecule has 0 spiro atoms. The topological polar surface area (TPSA) is 60.4 Å². The number of rotatable bonds is 5. The summed E-state index contributed by atoms with van der Waals surface area (Å²) in [6, 6.07) is 0. The van der Waals surface area contributed by atoms with Crippen LogP contribution in [0.5, 0.6) is 0 Å². The van der Waals surface area contributed by atoms with Crippen LogP contribution in [-0.4, -0.2) is 40.8 Å². The molecule has 14 heavy (non-hydrogen) atoms. The fourth-order valence-electron chi connectivity index (χ4n) is 0.825. The Morgan fingerprint density at radius 3 is 2.14 bits per heavy atom. The van der Waals surface area contributed by atoms with E-state index in [1.54, 1.807) is 0 Å². The van der Waals surface area contributed by atoms with E-state index in [0.29, 0.717) is 6.42 Å². The molecule has 0 fully saturated rings. The molecule has 0 N–H and O–H groups in total. The van der Waals surface area contributed by atoms with Gasteiger partial charge in [-0.15, -0.1) is 0 Å². The standard InChI is InChI=1S/C9H14O4.Mg.2H/c1-3-4-5-6-8(11)9(12)13-7(2)10;;;/h3-6H2,1-2H3;;;. The van der Waals surface area contributed by atoms with Gasteiger partial charge in [0.2, 0.25) is 5.78 Å². The maximum absolute atomic E-state index is 10.9. The van der Waals surface area contributed by atoms with Crippen molar-refractivity contribution in [3.05, 3.63) is 0 Å². The number of ether oxygens (including phenoxy) is 1. The van der Waals surface area contributed by atoms with Gasteiger partial charge in [-0.3, -0.25) is 9.59 Å². The number of unbranched alkanes of at least 4 members (excludes halogenated alkanes) is 2. The molecule has 0 amide bonds. The third kappa shape index (κ3) is 8.19. The number of Topliss-reactive ketones (excluding diaryl/α,β-unsaturated/α-hetero) is 1. The van der Waals surface area contributed by atoms with Gasteiger partial charge in [-0.1, -0.05) is 19.8 Å². The van der Waals surface area contributed by atoms with Gasteiger partial charge in [0, 0.05) is 13.3 Å². The highest BCUT2D eigenvalue weighted by Gasteiger charge is 2.16. The minimum atomic E-state index is -1.04. The predicted octanol–water partition coefficient (Wildman–Crippen LogP) is 0.309. The van der Waals surface area contributed by atoms with E-state index in [1.165, 1.54) is 0 Å². The fraction of sp³-hybridized carbons (Fsp3) is 0.667. The summed E-state index contributed by atoms with van der Waals surface area (Å²) in [4.78, 5) is 32.0. The molecule has 0 heterocycles. The quantitative estimate of drug-likeness (QED) is 0.216. The average molecular weight is 213 g/mol. The van der Waals surface area contributed by atoms with Gasteiger partial charge in [-0.05, 0) is 6.42 Å². The van der Waals surface area contributed by atoms with Gasteiger partial charge in [0.15, 0.2) is 0 Å². The van der Waals surface area contributed by atoms with Crippen LogP contribution in [0.2, 0.25) is 0 Å². The first-order valence-electron chi connectivity index (χ1n) is 4.33. The first-order chi connectivity index (χ1) is 6.07. The van der Waals surface area contributed by atoms with Crippen molar-refractivity contribution in [1.82, 2.24) is 0 Å². The number of carbonyl (C=O) groups excluding carboxylic acids is 3. The van der Waals surface area contributed by atoms with Crippen LogP contribution in [0.15, 0.2) is 0 Å². The van der Waals surface area contributed by atoms with E-state index >= 15 is 0 Å². The first-order valence-corrected chi connectivity index (χ1v) is 4.33. The second kappa shape index (κ2) is 9.14. The summed E-state index contributed by atoms with van der Waals surface area (Å²) in [5.41, 5.74) is 0. The van der Waals surface area contributed by atoms with Crippen molar-refractivity contribution in [3.8, 4) is 0 Å². The van der Waals surface area contributed by atoms with E-state index in [9.17, 15) is 14.4 Å². The molecule has 0 atom stereocenters. The molecule has 0 radical (unpaired) electrons. The van der Waals surface area contributed by atoms with Gasteiger partial charge in [-0.25, -0.2) is 4.79 Å². The van der Waals surface area contributed by atoms with Crippen molar-refractivity contribution in [1.29, 1.82) is 0 Å². The van der Waals surface area contributed by atoms with Gasteiger partial charge in [-0.2, -0.15) is 0 Å². The minimum Gasteiger partial charge on any atom is -0.387 e. The van der Waals surface area contributed by atoms with E-state index in [0.717, 1.165) is 19.8 Å². The molecular weight excluding hydrogens is 196 g/mol. The number of esters is 2. The molecule has 0 rings (SSSR count). The Bertz CT molecular complexity index is 213. The smallest absolute Gasteiger partial charge is 0.382 e. The zero-order valence-corrected chi connectivity index (χ0v) is 7.96. The highest BCUT2D eigenvalue weighted by molar-refractivity contribution is 6.35. The zero-order chi connectivity index (χ0) is 10.3. The molecule has 0 saturated carbocycles. The van der Waals surface area contributed by atoms with Crippen LogP contribution in [0.3, 0.4) is 0 Å². The summed E-state index contributed by atoms with van der Waals surface area (Å²) < 4.78 is 4.12. The second-order valence-electron chi connectivity index (χ2n) is 2.76. The number of ketones is 1. The van der Waals surface area contributed by atoms with Gasteiger partial charge >= 0.3 is 35.0 Å². The minimum absolute atomic E-state index is 0. The summed E-state index contributed by atoms with van der Waals surface area (Å²) in [5.74, 6) is -2.40. The van der Waals surface area contributed by atoms with Crippen molar-refractivity contribution in [3.63, 3.8) is 0 Å². The Labute approximate surface area is 99.5 Å². The molecule has 5 heteroatoms. The van der Waals surface area contributed by atoms with Gasteiger partial charge in [0.05, 0.1) is 0 Å². The molecule has 0 saturated heterocycles. The molecule has 0 aromatic carbocycles. The summed E-state index contributed by atoms with van der Waals surface area (Å²) in [7, 11) is 0. The van der Waals surface area contributed by atoms with Crippen molar-refractivity contribution in [2.75, 3.05) is 0 Å². The molecule has 0 aromatic heterocycles.